The summed E-state index contributed by atoms with van der Waals surface area (Å²) in [7, 11) is 0. The Morgan fingerprint density at radius 3 is 2.75 bits per heavy atom. The van der Waals surface area contributed by atoms with Crippen molar-refractivity contribution >= 4 is 5.97 Å². The maximum Gasteiger partial charge on any atom is 0.325 e. The van der Waals surface area contributed by atoms with Gasteiger partial charge < -0.3 is 19.5 Å². The molecule has 0 aromatic heterocycles. The minimum atomic E-state index is -0.361. The summed E-state index contributed by atoms with van der Waals surface area (Å²) in [6, 6.07) is -0.361. The highest BCUT2D eigenvalue weighted by atomic mass is 16.6. The molecule has 0 radical (unpaired) electrons. The van der Waals surface area contributed by atoms with Gasteiger partial charge in [-0.15, -0.1) is 0 Å². The Morgan fingerprint density at radius 2 is 2.25 bits per heavy atom. The molecule has 0 aromatic carbocycles. The first-order valence-electron chi connectivity index (χ1n) is 5.87. The van der Waals surface area contributed by atoms with Crippen molar-refractivity contribution in [2.24, 2.45) is 0 Å². The normalized spacial score (nSPS) is 17.9. The van der Waals surface area contributed by atoms with Crippen molar-refractivity contribution in [2.75, 3.05) is 33.0 Å². The molecule has 1 saturated heterocycles. The van der Waals surface area contributed by atoms with E-state index < -0.39 is 0 Å². The summed E-state index contributed by atoms with van der Waals surface area (Å²) in [5.41, 5.74) is 0. The number of ether oxygens (including phenoxy) is 3. The molecule has 1 atom stereocenters. The van der Waals surface area contributed by atoms with Gasteiger partial charge in [0.25, 0.3) is 0 Å². The van der Waals surface area contributed by atoms with Crippen LogP contribution in [0.15, 0.2) is 0 Å². The lowest BCUT2D eigenvalue weighted by Gasteiger charge is -2.27. The van der Waals surface area contributed by atoms with E-state index in [1.807, 2.05) is 0 Å². The van der Waals surface area contributed by atoms with Gasteiger partial charge in [-0.3, -0.25) is 4.79 Å². The van der Waals surface area contributed by atoms with Gasteiger partial charge in [0.2, 0.25) is 0 Å². The zero-order valence-electron chi connectivity index (χ0n) is 10.0. The van der Waals surface area contributed by atoms with E-state index in [2.05, 4.69) is 12.2 Å². The van der Waals surface area contributed by atoms with Gasteiger partial charge in [0.15, 0.2) is 0 Å². The molecule has 1 aliphatic rings. The second-order valence-corrected chi connectivity index (χ2v) is 3.75. The molecule has 0 saturated carbocycles. The largest absolute Gasteiger partial charge is 0.465 e. The zero-order valence-corrected chi connectivity index (χ0v) is 10.0. The molecule has 0 spiro atoms. The van der Waals surface area contributed by atoms with Gasteiger partial charge in [-0.05, 0) is 19.9 Å². The molecule has 1 heterocycles. The highest BCUT2D eigenvalue weighted by molar-refractivity contribution is 5.75. The first-order chi connectivity index (χ1) is 7.77. The Balaban J connectivity index is 2.26. The van der Waals surface area contributed by atoms with Crippen molar-refractivity contribution in [3.63, 3.8) is 0 Å². The van der Waals surface area contributed by atoms with E-state index in [4.69, 9.17) is 14.2 Å². The molecule has 1 N–H and O–H groups in total. The van der Waals surface area contributed by atoms with Gasteiger partial charge in [0, 0.05) is 0 Å². The Bertz CT molecular complexity index is 206. The first-order valence-corrected chi connectivity index (χ1v) is 5.87. The molecular weight excluding hydrogens is 210 g/mol. The summed E-state index contributed by atoms with van der Waals surface area (Å²) in [5, 5.41) is 3.12. The molecule has 5 nitrogen and oxygen atoms in total. The summed E-state index contributed by atoms with van der Waals surface area (Å²) in [5.74, 6) is -0.240. The SMILES string of the molecule is CCCNC(COC1COC1)C(=O)OCC. The van der Waals surface area contributed by atoms with E-state index >= 15 is 0 Å². The van der Waals surface area contributed by atoms with Crippen LogP contribution in [0.25, 0.3) is 0 Å². The van der Waals surface area contributed by atoms with Gasteiger partial charge in [-0.25, -0.2) is 0 Å². The lowest BCUT2D eigenvalue weighted by molar-refractivity contribution is -0.156. The Hall–Kier alpha value is -0.650. The highest BCUT2D eigenvalue weighted by Gasteiger charge is 2.24. The molecular formula is C11H21NO4. The minimum absolute atomic E-state index is 0.139. The maximum atomic E-state index is 11.6. The summed E-state index contributed by atoms with van der Waals surface area (Å²) in [6.45, 7) is 6.65. The minimum Gasteiger partial charge on any atom is -0.465 e. The van der Waals surface area contributed by atoms with Crippen LogP contribution < -0.4 is 5.32 Å². The third-order valence-electron chi connectivity index (χ3n) is 2.32. The average Bonchev–Trinajstić information content (AvgIpc) is 2.20. The molecule has 0 bridgehead atoms. The number of esters is 1. The first kappa shape index (κ1) is 13.4. The van der Waals surface area contributed by atoms with Crippen molar-refractivity contribution in [3.05, 3.63) is 0 Å². The number of rotatable bonds is 8. The van der Waals surface area contributed by atoms with Crippen LogP contribution in [0, 0.1) is 0 Å². The molecule has 0 aromatic rings. The van der Waals surface area contributed by atoms with Crippen molar-refractivity contribution in [3.8, 4) is 0 Å². The van der Waals surface area contributed by atoms with Crippen molar-refractivity contribution < 1.29 is 19.0 Å². The molecule has 1 fully saturated rings. The van der Waals surface area contributed by atoms with E-state index in [1.54, 1.807) is 6.92 Å². The second kappa shape index (κ2) is 7.60. The number of carbonyl (C=O) groups excluding carboxylic acids is 1. The molecule has 1 rings (SSSR count). The third kappa shape index (κ3) is 4.47. The topological polar surface area (TPSA) is 56.8 Å². The highest BCUT2D eigenvalue weighted by Crippen LogP contribution is 2.06. The number of hydrogen-bond acceptors (Lipinski definition) is 5. The van der Waals surface area contributed by atoms with Crippen LogP contribution in [0.2, 0.25) is 0 Å². The van der Waals surface area contributed by atoms with Gasteiger partial charge in [0.05, 0.1) is 26.4 Å². The van der Waals surface area contributed by atoms with E-state index in [1.165, 1.54) is 0 Å². The van der Waals surface area contributed by atoms with Crippen LogP contribution in [0.5, 0.6) is 0 Å². The Labute approximate surface area is 96.4 Å². The Morgan fingerprint density at radius 1 is 1.50 bits per heavy atom. The van der Waals surface area contributed by atoms with E-state index in [0.717, 1.165) is 13.0 Å². The van der Waals surface area contributed by atoms with Crippen molar-refractivity contribution in [1.29, 1.82) is 0 Å². The average molecular weight is 231 g/mol. The number of hydrogen-bond donors (Lipinski definition) is 1. The smallest absolute Gasteiger partial charge is 0.325 e. The van der Waals surface area contributed by atoms with Gasteiger partial charge in [-0.2, -0.15) is 0 Å². The second-order valence-electron chi connectivity index (χ2n) is 3.75. The quantitative estimate of drug-likeness (QED) is 0.610. The van der Waals surface area contributed by atoms with E-state index in [0.29, 0.717) is 26.4 Å². The van der Waals surface area contributed by atoms with Gasteiger partial charge in [0.1, 0.15) is 12.1 Å². The van der Waals surface area contributed by atoms with Crippen LogP contribution in [0.1, 0.15) is 20.3 Å². The predicted octanol–water partition coefficient (Wildman–Crippen LogP) is 0.333. The standard InChI is InChI=1S/C11H21NO4/c1-3-5-12-10(11(13)15-4-2)8-16-9-6-14-7-9/h9-10,12H,3-8H2,1-2H3. The fourth-order valence-corrected chi connectivity index (χ4v) is 1.31. The summed E-state index contributed by atoms with van der Waals surface area (Å²) in [6.07, 6.45) is 1.11. The molecule has 5 heteroatoms. The molecule has 94 valence electrons. The van der Waals surface area contributed by atoms with Crippen molar-refractivity contribution in [2.45, 2.75) is 32.4 Å². The summed E-state index contributed by atoms with van der Waals surface area (Å²) < 4.78 is 15.5. The fourth-order valence-electron chi connectivity index (χ4n) is 1.31. The Kier molecular flexibility index (Phi) is 6.37. The fraction of sp³-hybridized carbons (Fsp3) is 0.909. The third-order valence-corrected chi connectivity index (χ3v) is 2.32. The predicted molar refractivity (Wildman–Crippen MR) is 59.3 cm³/mol. The molecule has 0 amide bonds. The lowest BCUT2D eigenvalue weighted by Crippen LogP contribution is -2.45. The van der Waals surface area contributed by atoms with Crippen molar-refractivity contribution in [1.82, 2.24) is 5.32 Å². The van der Waals surface area contributed by atoms with E-state index in [-0.39, 0.29) is 18.1 Å². The van der Waals surface area contributed by atoms with Crippen LogP contribution in [0.4, 0.5) is 0 Å². The monoisotopic (exact) mass is 231 g/mol. The number of nitrogens with one attached hydrogen (secondary N) is 1. The van der Waals surface area contributed by atoms with Crippen LogP contribution in [-0.4, -0.2) is 51.1 Å². The van der Waals surface area contributed by atoms with Crippen LogP contribution in [-0.2, 0) is 19.0 Å². The van der Waals surface area contributed by atoms with Crippen LogP contribution >= 0.6 is 0 Å². The van der Waals surface area contributed by atoms with Gasteiger partial charge >= 0.3 is 5.97 Å². The molecule has 16 heavy (non-hydrogen) atoms. The maximum absolute atomic E-state index is 11.6. The molecule has 1 aliphatic heterocycles. The van der Waals surface area contributed by atoms with Gasteiger partial charge in [-0.1, -0.05) is 6.92 Å². The molecule has 1 unspecified atom stereocenters. The molecule has 0 aliphatic carbocycles. The van der Waals surface area contributed by atoms with Crippen LogP contribution in [0.3, 0.4) is 0 Å². The zero-order chi connectivity index (χ0) is 11.8. The number of carbonyl (C=O) groups is 1. The summed E-state index contributed by atoms with van der Waals surface area (Å²) in [4.78, 5) is 11.6. The summed E-state index contributed by atoms with van der Waals surface area (Å²) >= 11 is 0. The van der Waals surface area contributed by atoms with E-state index in [9.17, 15) is 4.79 Å². The lowest BCUT2D eigenvalue weighted by atomic mass is 10.3.